The number of benzene rings is 1. The minimum absolute atomic E-state index is 0.0566. The molecule has 4 nitrogen and oxygen atoms in total. The highest BCUT2D eigenvalue weighted by Crippen LogP contribution is 2.30. The molecule has 2 rings (SSSR count). The van der Waals surface area contributed by atoms with Crippen molar-refractivity contribution in [1.82, 2.24) is 4.72 Å². The van der Waals surface area contributed by atoms with Crippen LogP contribution in [0.25, 0.3) is 0 Å². The van der Waals surface area contributed by atoms with Crippen molar-refractivity contribution >= 4 is 27.3 Å². The molecule has 1 aromatic carbocycles. The maximum Gasteiger partial charge on any atom is 0.242 e. The second kappa shape index (κ2) is 5.07. The van der Waals surface area contributed by atoms with Gasteiger partial charge < -0.3 is 5.73 Å². The fraction of sp³-hybridized carbons (Fsp3) is 0.500. The molecule has 0 amide bonds. The minimum atomic E-state index is -3.56. The molecule has 18 heavy (non-hydrogen) atoms. The van der Waals surface area contributed by atoms with Gasteiger partial charge in [0, 0.05) is 11.1 Å². The van der Waals surface area contributed by atoms with Gasteiger partial charge in [-0.1, -0.05) is 18.0 Å². The zero-order valence-corrected chi connectivity index (χ0v) is 11.8. The Bertz CT molecular complexity index is 541. The van der Waals surface area contributed by atoms with Crippen LogP contribution in [0.15, 0.2) is 23.1 Å². The molecule has 1 atom stereocenters. The average molecular weight is 289 g/mol. The number of hydrogen-bond donors (Lipinski definition) is 2. The molecule has 0 aromatic heterocycles. The molecule has 1 aliphatic rings. The second-order valence-electron chi connectivity index (χ2n) is 4.78. The van der Waals surface area contributed by atoms with Crippen molar-refractivity contribution in [2.75, 3.05) is 5.73 Å². The van der Waals surface area contributed by atoms with Gasteiger partial charge in [0.1, 0.15) is 4.90 Å². The van der Waals surface area contributed by atoms with Gasteiger partial charge in [-0.3, -0.25) is 0 Å². The highest BCUT2D eigenvalue weighted by Gasteiger charge is 2.28. The second-order valence-corrected chi connectivity index (χ2v) is 6.90. The number of nitrogens with two attached hydrogens (primary N) is 1. The Labute approximate surface area is 113 Å². The standard InChI is InChI=1S/C12H17ClN2O2S/c1-8(9-3-2-4-9)15-18(16,17)12-6-5-10(13)7-11(12)14/h5-9,15H,2-4,14H2,1H3. The van der Waals surface area contributed by atoms with Crippen LogP contribution in [0.3, 0.4) is 0 Å². The lowest BCUT2D eigenvalue weighted by Crippen LogP contribution is -2.40. The van der Waals surface area contributed by atoms with E-state index in [0.717, 1.165) is 12.8 Å². The van der Waals surface area contributed by atoms with E-state index in [2.05, 4.69) is 4.72 Å². The van der Waals surface area contributed by atoms with Crippen LogP contribution in [0.2, 0.25) is 5.02 Å². The van der Waals surface area contributed by atoms with Crippen LogP contribution in [-0.4, -0.2) is 14.5 Å². The van der Waals surface area contributed by atoms with Crippen LogP contribution in [0.4, 0.5) is 5.69 Å². The fourth-order valence-electron chi connectivity index (χ4n) is 2.11. The van der Waals surface area contributed by atoms with Crippen molar-refractivity contribution in [1.29, 1.82) is 0 Å². The maximum atomic E-state index is 12.2. The van der Waals surface area contributed by atoms with Crippen LogP contribution in [0, 0.1) is 5.92 Å². The van der Waals surface area contributed by atoms with Crippen molar-refractivity contribution in [3.8, 4) is 0 Å². The smallest absolute Gasteiger partial charge is 0.242 e. The van der Waals surface area contributed by atoms with Crippen molar-refractivity contribution < 1.29 is 8.42 Å². The van der Waals surface area contributed by atoms with Gasteiger partial charge in [-0.25, -0.2) is 13.1 Å². The summed E-state index contributed by atoms with van der Waals surface area (Å²) in [6, 6.07) is 4.36. The summed E-state index contributed by atoms with van der Waals surface area (Å²) >= 11 is 5.76. The van der Waals surface area contributed by atoms with Crippen LogP contribution >= 0.6 is 11.6 Å². The Morgan fingerprint density at radius 2 is 2.11 bits per heavy atom. The molecular formula is C12H17ClN2O2S. The van der Waals surface area contributed by atoms with Gasteiger partial charge >= 0.3 is 0 Å². The van der Waals surface area contributed by atoms with E-state index in [9.17, 15) is 8.42 Å². The predicted molar refractivity (Wildman–Crippen MR) is 73.0 cm³/mol. The molecule has 1 unspecified atom stereocenters. The molecule has 3 N–H and O–H groups in total. The first-order valence-corrected chi connectivity index (χ1v) is 7.83. The molecule has 0 heterocycles. The van der Waals surface area contributed by atoms with E-state index >= 15 is 0 Å². The lowest BCUT2D eigenvalue weighted by Gasteiger charge is -2.31. The van der Waals surface area contributed by atoms with Crippen LogP contribution in [0.1, 0.15) is 26.2 Å². The van der Waals surface area contributed by atoms with Gasteiger partial charge in [0.2, 0.25) is 10.0 Å². The molecule has 1 aliphatic carbocycles. The van der Waals surface area contributed by atoms with Gasteiger partial charge in [0.25, 0.3) is 0 Å². The first-order valence-electron chi connectivity index (χ1n) is 5.97. The quantitative estimate of drug-likeness (QED) is 0.836. The highest BCUT2D eigenvalue weighted by atomic mass is 35.5. The molecule has 100 valence electrons. The van der Waals surface area contributed by atoms with E-state index in [-0.39, 0.29) is 16.6 Å². The van der Waals surface area contributed by atoms with Crippen molar-refractivity contribution in [3.05, 3.63) is 23.2 Å². The highest BCUT2D eigenvalue weighted by molar-refractivity contribution is 7.89. The van der Waals surface area contributed by atoms with Gasteiger partial charge in [0.15, 0.2) is 0 Å². The monoisotopic (exact) mass is 288 g/mol. The van der Waals surface area contributed by atoms with Crippen LogP contribution < -0.4 is 10.5 Å². The normalized spacial score (nSPS) is 18.3. The topological polar surface area (TPSA) is 72.2 Å². The van der Waals surface area contributed by atoms with Gasteiger partial charge in [-0.05, 0) is 43.9 Å². The summed E-state index contributed by atoms with van der Waals surface area (Å²) < 4.78 is 27.1. The van der Waals surface area contributed by atoms with E-state index in [4.69, 9.17) is 17.3 Å². The largest absolute Gasteiger partial charge is 0.398 e. The Kier molecular flexibility index (Phi) is 3.84. The van der Waals surface area contributed by atoms with Gasteiger partial charge in [0.05, 0.1) is 5.69 Å². The van der Waals surface area contributed by atoms with Crippen LogP contribution in [0.5, 0.6) is 0 Å². The number of nitrogens with one attached hydrogen (secondary N) is 1. The van der Waals surface area contributed by atoms with Gasteiger partial charge in [-0.2, -0.15) is 0 Å². The van der Waals surface area contributed by atoms with E-state index in [1.165, 1.54) is 24.6 Å². The lowest BCUT2D eigenvalue weighted by atomic mass is 9.81. The first-order chi connectivity index (χ1) is 8.40. The SMILES string of the molecule is CC(NS(=O)(=O)c1ccc(Cl)cc1N)C1CCC1. The van der Waals surface area contributed by atoms with Crippen molar-refractivity contribution in [2.24, 2.45) is 5.92 Å². The van der Waals surface area contributed by atoms with Crippen molar-refractivity contribution in [3.63, 3.8) is 0 Å². The lowest BCUT2D eigenvalue weighted by molar-refractivity contribution is 0.260. The Morgan fingerprint density at radius 1 is 1.44 bits per heavy atom. The summed E-state index contributed by atoms with van der Waals surface area (Å²) in [5.74, 6) is 0.438. The third kappa shape index (κ3) is 2.79. The first kappa shape index (κ1) is 13.6. The third-order valence-electron chi connectivity index (χ3n) is 3.46. The maximum absolute atomic E-state index is 12.2. The molecule has 0 spiro atoms. The summed E-state index contributed by atoms with van der Waals surface area (Å²) in [6.07, 6.45) is 3.35. The Balaban J connectivity index is 2.19. The van der Waals surface area contributed by atoms with Crippen LogP contribution in [-0.2, 0) is 10.0 Å². The molecule has 6 heteroatoms. The van der Waals surface area contributed by atoms with E-state index in [1.807, 2.05) is 6.92 Å². The summed E-state index contributed by atoms with van der Waals surface area (Å²) in [7, 11) is -3.56. The summed E-state index contributed by atoms with van der Waals surface area (Å²) in [6.45, 7) is 1.90. The molecule has 0 aliphatic heterocycles. The molecule has 1 aromatic rings. The fourth-order valence-corrected chi connectivity index (χ4v) is 3.71. The third-order valence-corrected chi connectivity index (χ3v) is 5.33. The number of nitrogen functional groups attached to an aromatic ring is 1. The average Bonchev–Trinajstić information content (AvgIpc) is 2.12. The molecule has 0 saturated heterocycles. The van der Waals surface area contributed by atoms with E-state index in [1.54, 1.807) is 0 Å². The number of halogens is 1. The summed E-state index contributed by atoms with van der Waals surface area (Å²) in [5.41, 5.74) is 5.88. The molecule has 0 radical (unpaired) electrons. The summed E-state index contributed by atoms with van der Waals surface area (Å²) in [4.78, 5) is 0.0954. The van der Waals surface area contributed by atoms with Gasteiger partial charge in [-0.15, -0.1) is 0 Å². The zero-order valence-electron chi connectivity index (χ0n) is 10.2. The number of rotatable bonds is 4. The van der Waals surface area contributed by atoms with Crippen molar-refractivity contribution in [2.45, 2.75) is 37.1 Å². The molecular weight excluding hydrogens is 272 g/mol. The number of sulfonamides is 1. The minimum Gasteiger partial charge on any atom is -0.398 e. The molecule has 0 bridgehead atoms. The molecule has 1 fully saturated rings. The zero-order chi connectivity index (χ0) is 13.3. The number of hydrogen-bond acceptors (Lipinski definition) is 3. The summed E-state index contributed by atoms with van der Waals surface area (Å²) in [5, 5.41) is 0.429. The molecule has 1 saturated carbocycles. The Hall–Kier alpha value is -0.780. The van der Waals surface area contributed by atoms with E-state index < -0.39 is 10.0 Å². The predicted octanol–water partition coefficient (Wildman–Crippen LogP) is 2.39. The number of anilines is 1. The van der Waals surface area contributed by atoms with E-state index in [0.29, 0.717) is 10.9 Å². The Morgan fingerprint density at radius 3 is 2.61 bits per heavy atom.